The highest BCUT2D eigenvalue weighted by Crippen LogP contribution is 2.19. The average Bonchev–Trinajstić information content (AvgIpc) is 3.45. The fraction of sp³-hybridized carbons (Fsp3) is 0.382. The zero-order valence-corrected chi connectivity index (χ0v) is 25.9. The van der Waals surface area contributed by atoms with Gasteiger partial charge in [-0.05, 0) is 63.6 Å². The average molecular weight is 597 g/mol. The monoisotopic (exact) mass is 596 g/mol. The fourth-order valence-corrected chi connectivity index (χ4v) is 4.81. The van der Waals surface area contributed by atoms with Crippen LogP contribution in [0.25, 0.3) is 0 Å². The van der Waals surface area contributed by atoms with Gasteiger partial charge >= 0.3 is 0 Å². The smallest absolute Gasteiger partial charge is 0.227 e. The van der Waals surface area contributed by atoms with Crippen LogP contribution in [0, 0.1) is 24.6 Å². The van der Waals surface area contributed by atoms with E-state index in [0.29, 0.717) is 37.6 Å². The molecule has 1 aliphatic rings. The highest BCUT2D eigenvalue weighted by Gasteiger charge is 2.16. The van der Waals surface area contributed by atoms with Crippen molar-refractivity contribution in [2.24, 2.45) is 0 Å². The zero-order valence-electron chi connectivity index (χ0n) is 25.9. The predicted molar refractivity (Wildman–Crippen MR) is 172 cm³/mol. The summed E-state index contributed by atoms with van der Waals surface area (Å²) in [5.74, 6) is 6.68. The maximum atomic E-state index is 14.9. The molecular weight excluding hydrogens is 555 g/mol. The molecule has 1 fully saturated rings. The van der Waals surface area contributed by atoms with E-state index in [0.717, 1.165) is 59.8 Å². The van der Waals surface area contributed by atoms with Gasteiger partial charge in [0.25, 0.3) is 0 Å². The molecular formula is C34H41FN8O. The van der Waals surface area contributed by atoms with Gasteiger partial charge in [0.1, 0.15) is 5.82 Å². The molecule has 0 atom stereocenters. The van der Waals surface area contributed by atoms with Gasteiger partial charge in [-0.15, -0.1) is 0 Å². The molecule has 230 valence electrons. The van der Waals surface area contributed by atoms with Crippen molar-refractivity contribution in [3.05, 3.63) is 94.8 Å². The van der Waals surface area contributed by atoms with Gasteiger partial charge in [0.15, 0.2) is 0 Å². The molecule has 0 saturated carbocycles. The van der Waals surface area contributed by atoms with Crippen LogP contribution in [-0.2, 0) is 19.6 Å². The van der Waals surface area contributed by atoms with Crippen molar-refractivity contribution in [3.63, 3.8) is 0 Å². The van der Waals surface area contributed by atoms with Crippen LogP contribution in [0.4, 0.5) is 21.7 Å². The number of benzene rings is 2. The molecule has 3 heterocycles. The van der Waals surface area contributed by atoms with E-state index < -0.39 is 5.60 Å². The zero-order chi connectivity index (χ0) is 31.1. The number of aryl methyl sites for hydroxylation is 2. The number of halogens is 1. The van der Waals surface area contributed by atoms with Gasteiger partial charge in [0, 0.05) is 81.2 Å². The van der Waals surface area contributed by atoms with E-state index >= 15 is 0 Å². The maximum Gasteiger partial charge on any atom is 0.227 e. The van der Waals surface area contributed by atoms with Crippen molar-refractivity contribution in [2.75, 3.05) is 43.9 Å². The Morgan fingerprint density at radius 3 is 2.48 bits per heavy atom. The Morgan fingerprint density at radius 1 is 0.977 bits per heavy atom. The summed E-state index contributed by atoms with van der Waals surface area (Å²) in [6.45, 7) is 11.4. The molecule has 4 aromatic rings. The van der Waals surface area contributed by atoms with Crippen molar-refractivity contribution < 1.29 is 9.50 Å². The topological polar surface area (TPSA) is 94.4 Å². The summed E-state index contributed by atoms with van der Waals surface area (Å²) in [5.41, 5.74) is 5.26. The largest absolute Gasteiger partial charge is 0.390 e. The number of aliphatic hydroxyl groups is 1. The Morgan fingerprint density at radius 2 is 1.75 bits per heavy atom. The highest BCUT2D eigenvalue weighted by atomic mass is 19.1. The van der Waals surface area contributed by atoms with Crippen LogP contribution in [0.15, 0.2) is 61.2 Å². The second-order valence-electron chi connectivity index (χ2n) is 12.1. The Hall–Kier alpha value is -4.30. The van der Waals surface area contributed by atoms with Gasteiger partial charge in [0.2, 0.25) is 5.95 Å². The van der Waals surface area contributed by atoms with Crippen molar-refractivity contribution in [3.8, 4) is 11.8 Å². The van der Waals surface area contributed by atoms with E-state index in [2.05, 4.69) is 66.5 Å². The first kappa shape index (κ1) is 31.1. The lowest BCUT2D eigenvalue weighted by atomic mass is 10.0. The molecule has 2 aromatic heterocycles. The van der Waals surface area contributed by atoms with Crippen LogP contribution in [0.5, 0.6) is 0 Å². The standard InChI is InChI=1S/C34H41FN8O/c1-25-5-6-26(19-36-30-10-9-29(32(35)18-30)23-42-15-13-41(4)14-16-42)17-28(25)8-7-27-20-37-33(38-21-27)40-31-22-39-43(24-31)12-11-34(2,3)44/h5-6,9-10,17-18,20-22,24,36,44H,11-16,19,23H2,1-4H3,(H,37,38,40). The minimum absolute atomic E-state index is 0.176. The Kier molecular flexibility index (Phi) is 9.90. The van der Waals surface area contributed by atoms with Crippen molar-refractivity contribution in [1.29, 1.82) is 0 Å². The Balaban J connectivity index is 1.15. The quantitative estimate of drug-likeness (QED) is 0.225. The second kappa shape index (κ2) is 14.0. The van der Waals surface area contributed by atoms with E-state index in [1.165, 1.54) is 0 Å². The minimum atomic E-state index is -0.742. The summed E-state index contributed by atoms with van der Waals surface area (Å²) >= 11 is 0. The number of hydrogen-bond donors (Lipinski definition) is 3. The summed E-state index contributed by atoms with van der Waals surface area (Å²) in [4.78, 5) is 13.4. The molecule has 44 heavy (non-hydrogen) atoms. The molecule has 3 N–H and O–H groups in total. The van der Waals surface area contributed by atoms with E-state index in [4.69, 9.17) is 0 Å². The molecule has 0 aliphatic carbocycles. The number of piperazine rings is 1. The summed E-state index contributed by atoms with van der Waals surface area (Å²) in [6, 6.07) is 11.6. The minimum Gasteiger partial charge on any atom is -0.390 e. The summed E-state index contributed by atoms with van der Waals surface area (Å²) < 4.78 is 16.6. The number of nitrogens with one attached hydrogen (secondary N) is 2. The highest BCUT2D eigenvalue weighted by molar-refractivity contribution is 5.52. The van der Waals surface area contributed by atoms with Crippen molar-refractivity contribution in [1.82, 2.24) is 29.5 Å². The van der Waals surface area contributed by atoms with Gasteiger partial charge in [-0.3, -0.25) is 9.58 Å². The second-order valence-corrected chi connectivity index (χ2v) is 12.1. The molecule has 0 radical (unpaired) electrons. The normalized spacial score (nSPS) is 14.2. The first-order valence-electron chi connectivity index (χ1n) is 15.0. The molecule has 1 saturated heterocycles. The third-order valence-corrected chi connectivity index (χ3v) is 7.68. The van der Waals surface area contributed by atoms with Crippen LogP contribution in [0.3, 0.4) is 0 Å². The number of aromatic nitrogens is 4. The predicted octanol–water partition coefficient (Wildman–Crippen LogP) is 4.78. The number of anilines is 3. The SMILES string of the molecule is Cc1ccc(CNc2ccc(CN3CCN(C)CC3)c(F)c2)cc1C#Cc1cnc(Nc2cnn(CCC(C)(C)O)c2)nc1. The summed E-state index contributed by atoms with van der Waals surface area (Å²) in [5, 5.41) is 20.7. The molecule has 2 aromatic carbocycles. The third kappa shape index (κ3) is 9.10. The number of likely N-dealkylation sites (N-methyl/N-ethyl adjacent to an activating group) is 1. The number of nitrogens with zero attached hydrogens (tertiary/aromatic N) is 6. The molecule has 0 amide bonds. The van der Waals surface area contributed by atoms with Crippen molar-refractivity contribution >= 4 is 17.3 Å². The lowest BCUT2D eigenvalue weighted by molar-refractivity contribution is 0.0651. The van der Waals surface area contributed by atoms with Crippen LogP contribution in [0.2, 0.25) is 0 Å². The molecule has 1 aliphatic heterocycles. The maximum absolute atomic E-state index is 14.9. The first-order valence-corrected chi connectivity index (χ1v) is 15.0. The first-order chi connectivity index (χ1) is 21.1. The molecule has 5 rings (SSSR count). The Labute approximate surface area is 259 Å². The molecule has 10 heteroatoms. The lowest BCUT2D eigenvalue weighted by Crippen LogP contribution is -2.44. The van der Waals surface area contributed by atoms with Crippen molar-refractivity contribution in [2.45, 2.75) is 52.4 Å². The van der Waals surface area contributed by atoms with E-state index in [1.807, 2.05) is 31.3 Å². The molecule has 0 bridgehead atoms. The summed E-state index contributed by atoms with van der Waals surface area (Å²) in [7, 11) is 2.12. The molecule has 0 spiro atoms. The van der Waals surface area contributed by atoms with Gasteiger partial charge in [-0.25, -0.2) is 14.4 Å². The van der Waals surface area contributed by atoms with Crippen LogP contribution in [-0.4, -0.2) is 73.5 Å². The fourth-order valence-electron chi connectivity index (χ4n) is 4.81. The Bertz CT molecular complexity index is 1610. The van der Waals surface area contributed by atoms with Gasteiger partial charge in [-0.1, -0.05) is 30.0 Å². The molecule has 9 nitrogen and oxygen atoms in total. The van der Waals surface area contributed by atoms with Gasteiger partial charge in [0.05, 0.1) is 23.0 Å². The van der Waals surface area contributed by atoms with E-state index in [9.17, 15) is 9.50 Å². The van der Waals surface area contributed by atoms with E-state index in [1.54, 1.807) is 43.2 Å². The van der Waals surface area contributed by atoms with Gasteiger partial charge < -0.3 is 20.6 Å². The van der Waals surface area contributed by atoms with Crippen LogP contribution < -0.4 is 10.6 Å². The number of hydrogen-bond acceptors (Lipinski definition) is 8. The van der Waals surface area contributed by atoms with E-state index in [-0.39, 0.29) is 5.82 Å². The third-order valence-electron chi connectivity index (χ3n) is 7.68. The molecule has 0 unspecified atom stereocenters. The van der Waals surface area contributed by atoms with Gasteiger partial charge in [-0.2, -0.15) is 5.10 Å². The summed E-state index contributed by atoms with van der Waals surface area (Å²) in [6.07, 6.45) is 7.53. The van der Waals surface area contributed by atoms with Crippen LogP contribution >= 0.6 is 0 Å². The lowest BCUT2D eigenvalue weighted by Gasteiger charge is -2.32. The number of rotatable bonds is 10. The van der Waals surface area contributed by atoms with Crippen LogP contribution in [0.1, 0.15) is 48.1 Å².